The van der Waals surface area contributed by atoms with Crippen molar-refractivity contribution in [3.05, 3.63) is 0 Å². The van der Waals surface area contributed by atoms with Gasteiger partial charge in [0.1, 0.15) is 0 Å². The molecule has 2 fully saturated rings. The van der Waals surface area contributed by atoms with Crippen LogP contribution in [0.5, 0.6) is 0 Å². The summed E-state index contributed by atoms with van der Waals surface area (Å²) < 4.78 is 0. The quantitative estimate of drug-likeness (QED) is 0.277. The van der Waals surface area contributed by atoms with Gasteiger partial charge in [0.2, 0.25) is 5.91 Å². The van der Waals surface area contributed by atoms with Gasteiger partial charge in [-0.15, -0.1) is 24.0 Å². The van der Waals surface area contributed by atoms with E-state index in [1.807, 2.05) is 0 Å². The van der Waals surface area contributed by atoms with E-state index in [0.717, 1.165) is 31.9 Å². The Morgan fingerprint density at radius 2 is 1.74 bits per heavy atom. The lowest BCUT2D eigenvalue weighted by Gasteiger charge is -2.40. The summed E-state index contributed by atoms with van der Waals surface area (Å²) in [6.07, 6.45) is 9.19. The van der Waals surface area contributed by atoms with E-state index in [-0.39, 0.29) is 35.4 Å². The van der Waals surface area contributed by atoms with E-state index in [9.17, 15) is 4.79 Å². The molecule has 27 heavy (non-hydrogen) atoms. The zero-order valence-corrected chi connectivity index (χ0v) is 19.8. The van der Waals surface area contributed by atoms with E-state index < -0.39 is 0 Å². The maximum atomic E-state index is 12.0. The Morgan fingerprint density at radius 1 is 1.07 bits per heavy atom. The molecule has 0 aromatic rings. The van der Waals surface area contributed by atoms with Crippen LogP contribution in [-0.2, 0) is 4.79 Å². The molecule has 0 radical (unpaired) electrons. The second-order valence-corrected chi connectivity index (χ2v) is 8.28. The van der Waals surface area contributed by atoms with Gasteiger partial charge in [-0.1, -0.05) is 19.3 Å². The number of hydrogen-bond donors (Lipinski definition) is 3. The van der Waals surface area contributed by atoms with Crippen LogP contribution in [0.2, 0.25) is 0 Å². The van der Waals surface area contributed by atoms with Crippen molar-refractivity contribution in [3.63, 3.8) is 0 Å². The number of guanidine groups is 1. The molecule has 6 nitrogen and oxygen atoms in total. The molecule has 1 saturated carbocycles. The highest BCUT2D eigenvalue weighted by atomic mass is 127. The Balaban J connectivity index is 0.00000364. The van der Waals surface area contributed by atoms with Crippen LogP contribution < -0.4 is 16.0 Å². The van der Waals surface area contributed by atoms with E-state index in [1.165, 1.54) is 45.2 Å². The standard InChI is InChI=1S/C20H39N5O.HI/c1-4-21-19(22-13-12-18(26)24-17-10-6-7-11-17)23-16-20(2,3)25-14-8-5-9-15-25;/h17H,4-16H2,1-3H3,(H,24,26)(H2,21,22,23);1H. The summed E-state index contributed by atoms with van der Waals surface area (Å²) in [7, 11) is 0. The summed E-state index contributed by atoms with van der Waals surface area (Å²) in [5, 5.41) is 9.74. The molecule has 1 aliphatic heterocycles. The van der Waals surface area contributed by atoms with Crippen molar-refractivity contribution in [3.8, 4) is 0 Å². The normalized spacial score (nSPS) is 19.4. The van der Waals surface area contributed by atoms with E-state index in [0.29, 0.717) is 19.0 Å². The molecule has 3 N–H and O–H groups in total. The molecular weight excluding hydrogens is 453 g/mol. The number of nitrogens with one attached hydrogen (secondary N) is 3. The van der Waals surface area contributed by atoms with Crippen molar-refractivity contribution in [2.75, 3.05) is 32.7 Å². The first kappa shape index (κ1) is 24.5. The number of hydrogen-bond acceptors (Lipinski definition) is 3. The number of halogens is 1. The van der Waals surface area contributed by atoms with Gasteiger partial charge in [0.15, 0.2) is 5.96 Å². The summed E-state index contributed by atoms with van der Waals surface area (Å²) in [6, 6.07) is 0.398. The molecule has 2 rings (SSSR count). The Labute approximate surface area is 182 Å². The molecule has 2 aliphatic rings. The molecule has 1 amide bonds. The number of carbonyl (C=O) groups is 1. The van der Waals surface area contributed by atoms with Gasteiger partial charge in [0.25, 0.3) is 0 Å². The molecule has 1 saturated heterocycles. The highest BCUT2D eigenvalue weighted by molar-refractivity contribution is 14.0. The third kappa shape index (κ3) is 8.98. The molecule has 158 valence electrons. The summed E-state index contributed by atoms with van der Waals surface area (Å²) in [6.45, 7) is 11.2. The van der Waals surface area contributed by atoms with Crippen molar-refractivity contribution < 1.29 is 4.79 Å². The van der Waals surface area contributed by atoms with Gasteiger partial charge in [-0.05, 0) is 59.5 Å². The number of nitrogens with zero attached hydrogens (tertiary/aromatic N) is 2. The molecule has 0 bridgehead atoms. The summed E-state index contributed by atoms with van der Waals surface area (Å²) in [5.41, 5.74) is 0.0720. The lowest BCUT2D eigenvalue weighted by atomic mass is 9.99. The second kappa shape index (κ2) is 12.8. The molecule has 1 heterocycles. The van der Waals surface area contributed by atoms with Crippen molar-refractivity contribution in [2.45, 2.75) is 83.7 Å². The maximum Gasteiger partial charge on any atom is 0.221 e. The van der Waals surface area contributed by atoms with Crippen LogP contribution in [0, 0.1) is 0 Å². The summed E-state index contributed by atoms with van der Waals surface area (Å²) in [5.74, 6) is 0.958. The summed E-state index contributed by atoms with van der Waals surface area (Å²) >= 11 is 0. The SMILES string of the molecule is CCNC(=NCC(C)(C)N1CCCCC1)NCCC(=O)NC1CCCC1.I. The smallest absolute Gasteiger partial charge is 0.221 e. The third-order valence-corrected chi connectivity index (χ3v) is 5.55. The molecule has 0 aromatic carbocycles. The van der Waals surface area contributed by atoms with Crippen LogP contribution >= 0.6 is 24.0 Å². The Hall–Kier alpha value is -0.570. The fourth-order valence-corrected chi connectivity index (χ4v) is 3.88. The first-order valence-electron chi connectivity index (χ1n) is 10.6. The lowest BCUT2D eigenvalue weighted by Crippen LogP contribution is -2.49. The van der Waals surface area contributed by atoms with Gasteiger partial charge >= 0.3 is 0 Å². The van der Waals surface area contributed by atoms with Crippen LogP contribution in [0.4, 0.5) is 0 Å². The number of likely N-dealkylation sites (tertiary alicyclic amines) is 1. The predicted octanol–water partition coefficient (Wildman–Crippen LogP) is 2.87. The largest absolute Gasteiger partial charge is 0.357 e. The maximum absolute atomic E-state index is 12.0. The van der Waals surface area contributed by atoms with E-state index >= 15 is 0 Å². The zero-order valence-electron chi connectivity index (χ0n) is 17.5. The van der Waals surface area contributed by atoms with Crippen molar-refractivity contribution in [1.82, 2.24) is 20.9 Å². The fourth-order valence-electron chi connectivity index (χ4n) is 3.88. The molecule has 7 heteroatoms. The minimum absolute atomic E-state index is 0. The van der Waals surface area contributed by atoms with Crippen molar-refractivity contribution >= 4 is 35.8 Å². The monoisotopic (exact) mass is 493 g/mol. The van der Waals surface area contributed by atoms with E-state index in [1.54, 1.807) is 0 Å². The third-order valence-electron chi connectivity index (χ3n) is 5.55. The number of carbonyl (C=O) groups excluding carboxylic acids is 1. The molecule has 1 aliphatic carbocycles. The van der Waals surface area contributed by atoms with Crippen LogP contribution in [-0.4, -0.2) is 61.1 Å². The Bertz CT molecular complexity index is 457. The first-order chi connectivity index (χ1) is 12.5. The predicted molar refractivity (Wildman–Crippen MR) is 124 cm³/mol. The number of aliphatic imine (C=N–C) groups is 1. The average Bonchev–Trinajstić information content (AvgIpc) is 3.13. The van der Waals surface area contributed by atoms with Gasteiger partial charge in [0.05, 0.1) is 6.54 Å². The highest BCUT2D eigenvalue weighted by Crippen LogP contribution is 2.20. The van der Waals surface area contributed by atoms with Crippen LogP contribution in [0.1, 0.15) is 72.1 Å². The minimum atomic E-state index is 0. The molecule has 0 atom stereocenters. The van der Waals surface area contributed by atoms with Gasteiger partial charge in [0, 0.05) is 31.1 Å². The number of piperidine rings is 1. The Morgan fingerprint density at radius 3 is 2.37 bits per heavy atom. The highest BCUT2D eigenvalue weighted by Gasteiger charge is 2.27. The van der Waals surface area contributed by atoms with Crippen molar-refractivity contribution in [1.29, 1.82) is 0 Å². The van der Waals surface area contributed by atoms with E-state index in [2.05, 4.69) is 41.6 Å². The minimum Gasteiger partial charge on any atom is -0.357 e. The number of amides is 1. The van der Waals surface area contributed by atoms with Gasteiger partial charge in [-0.25, -0.2) is 0 Å². The lowest BCUT2D eigenvalue weighted by molar-refractivity contribution is -0.121. The van der Waals surface area contributed by atoms with E-state index in [4.69, 9.17) is 4.99 Å². The summed E-state index contributed by atoms with van der Waals surface area (Å²) in [4.78, 5) is 19.4. The molecule has 0 aromatic heterocycles. The van der Waals surface area contributed by atoms with Crippen LogP contribution in [0.25, 0.3) is 0 Å². The van der Waals surface area contributed by atoms with Gasteiger partial charge in [-0.3, -0.25) is 14.7 Å². The van der Waals surface area contributed by atoms with Crippen LogP contribution in [0.15, 0.2) is 4.99 Å². The Kier molecular flexibility index (Phi) is 11.6. The molecule has 0 spiro atoms. The van der Waals surface area contributed by atoms with Crippen LogP contribution in [0.3, 0.4) is 0 Å². The average molecular weight is 493 g/mol. The molecular formula is C20H40IN5O. The second-order valence-electron chi connectivity index (χ2n) is 8.28. The fraction of sp³-hybridized carbons (Fsp3) is 0.900. The first-order valence-corrected chi connectivity index (χ1v) is 10.6. The van der Waals surface area contributed by atoms with Gasteiger partial charge < -0.3 is 16.0 Å². The zero-order chi connectivity index (χ0) is 18.8. The number of rotatable bonds is 8. The molecule has 0 unspecified atom stereocenters. The van der Waals surface area contributed by atoms with Crippen molar-refractivity contribution in [2.24, 2.45) is 4.99 Å². The topological polar surface area (TPSA) is 68.8 Å². The van der Waals surface area contributed by atoms with Gasteiger partial charge in [-0.2, -0.15) is 0 Å².